The number of halogens is 1. The molecule has 1 rings (SSSR count). The monoisotopic (exact) mass is 342 g/mol. The van der Waals surface area contributed by atoms with Crippen LogP contribution in [0.2, 0.25) is 0 Å². The van der Waals surface area contributed by atoms with Gasteiger partial charge >= 0.3 is 12.0 Å². The number of carbonyl (C=O) groups is 2. The van der Waals surface area contributed by atoms with Crippen LogP contribution in [-0.4, -0.2) is 23.1 Å². The number of aliphatic carboxylic acids is 1. The van der Waals surface area contributed by atoms with Gasteiger partial charge in [-0.25, -0.2) is 4.79 Å². The van der Waals surface area contributed by atoms with Gasteiger partial charge in [0.25, 0.3) is 0 Å². The molecule has 110 valence electrons. The van der Waals surface area contributed by atoms with Crippen molar-refractivity contribution in [2.45, 2.75) is 38.8 Å². The molecule has 0 aromatic heterocycles. The fraction of sp³-hybridized carbons (Fsp3) is 0.429. The van der Waals surface area contributed by atoms with Gasteiger partial charge in [0.15, 0.2) is 0 Å². The highest BCUT2D eigenvalue weighted by Crippen LogP contribution is 2.15. The molecule has 1 unspecified atom stereocenters. The van der Waals surface area contributed by atoms with Gasteiger partial charge in [0, 0.05) is 23.5 Å². The van der Waals surface area contributed by atoms with E-state index in [-0.39, 0.29) is 18.5 Å². The second-order valence-electron chi connectivity index (χ2n) is 4.61. The fourth-order valence-corrected chi connectivity index (χ4v) is 2.15. The van der Waals surface area contributed by atoms with E-state index in [2.05, 4.69) is 26.6 Å². The van der Waals surface area contributed by atoms with E-state index in [0.29, 0.717) is 19.4 Å². The predicted octanol–water partition coefficient (Wildman–Crippen LogP) is 2.89. The third-order valence-corrected chi connectivity index (χ3v) is 3.58. The first-order valence-electron chi connectivity index (χ1n) is 6.48. The highest BCUT2D eigenvalue weighted by atomic mass is 79.9. The van der Waals surface area contributed by atoms with Gasteiger partial charge in [0.1, 0.15) is 0 Å². The van der Waals surface area contributed by atoms with Crippen LogP contribution in [0.5, 0.6) is 0 Å². The summed E-state index contributed by atoms with van der Waals surface area (Å²) in [5.74, 6) is -0.810. The molecular weight excluding hydrogens is 324 g/mol. The van der Waals surface area contributed by atoms with Crippen LogP contribution in [-0.2, 0) is 11.3 Å². The predicted molar refractivity (Wildman–Crippen MR) is 80.5 cm³/mol. The molecule has 0 saturated heterocycles. The van der Waals surface area contributed by atoms with Crippen LogP contribution in [0.1, 0.15) is 31.7 Å². The Morgan fingerprint density at radius 3 is 2.70 bits per heavy atom. The number of carbonyl (C=O) groups excluding carboxylic acids is 1. The van der Waals surface area contributed by atoms with Crippen molar-refractivity contribution in [1.29, 1.82) is 0 Å². The first-order valence-corrected chi connectivity index (χ1v) is 7.28. The van der Waals surface area contributed by atoms with E-state index < -0.39 is 5.97 Å². The van der Waals surface area contributed by atoms with Gasteiger partial charge in [-0.05, 0) is 31.4 Å². The standard InChI is InChI=1S/C14H19BrN2O3/c1-10(5-4-8-13(18)19)17-14(20)16-9-11-6-2-3-7-12(11)15/h2-3,6-7,10H,4-5,8-9H2,1H3,(H,18,19)(H2,16,17,20). The van der Waals surface area contributed by atoms with Gasteiger partial charge in [0.2, 0.25) is 0 Å². The summed E-state index contributed by atoms with van der Waals surface area (Å²) >= 11 is 3.42. The number of amides is 2. The topological polar surface area (TPSA) is 78.4 Å². The Hall–Kier alpha value is -1.56. The van der Waals surface area contributed by atoms with Crippen molar-refractivity contribution in [3.8, 4) is 0 Å². The van der Waals surface area contributed by atoms with Crippen molar-refractivity contribution >= 4 is 27.9 Å². The Bertz CT molecular complexity index is 465. The number of hydrogen-bond donors (Lipinski definition) is 3. The average Bonchev–Trinajstić information content (AvgIpc) is 2.37. The average molecular weight is 343 g/mol. The van der Waals surface area contributed by atoms with Crippen molar-refractivity contribution in [3.05, 3.63) is 34.3 Å². The van der Waals surface area contributed by atoms with Crippen LogP contribution < -0.4 is 10.6 Å². The summed E-state index contributed by atoms with van der Waals surface area (Å²) in [4.78, 5) is 22.1. The largest absolute Gasteiger partial charge is 0.481 e. The van der Waals surface area contributed by atoms with Crippen LogP contribution in [0.25, 0.3) is 0 Å². The fourth-order valence-electron chi connectivity index (χ4n) is 1.72. The van der Waals surface area contributed by atoms with Crippen LogP contribution in [0.4, 0.5) is 4.79 Å². The molecule has 0 aliphatic rings. The van der Waals surface area contributed by atoms with Crippen molar-refractivity contribution < 1.29 is 14.7 Å². The molecule has 1 aromatic carbocycles. The van der Waals surface area contributed by atoms with Gasteiger partial charge in [0.05, 0.1) is 0 Å². The van der Waals surface area contributed by atoms with E-state index in [1.54, 1.807) is 0 Å². The molecule has 0 radical (unpaired) electrons. The number of carboxylic acids is 1. The molecule has 0 fully saturated rings. The Morgan fingerprint density at radius 1 is 1.35 bits per heavy atom. The Labute approximate surface area is 126 Å². The first kappa shape index (κ1) is 16.5. The van der Waals surface area contributed by atoms with Gasteiger partial charge in [-0.3, -0.25) is 4.79 Å². The van der Waals surface area contributed by atoms with E-state index in [4.69, 9.17) is 5.11 Å². The number of rotatable bonds is 7. The summed E-state index contributed by atoms with van der Waals surface area (Å²) in [6.45, 7) is 2.30. The van der Waals surface area contributed by atoms with Crippen LogP contribution >= 0.6 is 15.9 Å². The minimum absolute atomic E-state index is 0.0476. The summed E-state index contributed by atoms with van der Waals surface area (Å²) in [7, 11) is 0. The molecule has 0 saturated carbocycles. The van der Waals surface area contributed by atoms with Gasteiger partial charge in [-0.15, -0.1) is 0 Å². The second-order valence-corrected chi connectivity index (χ2v) is 5.46. The third kappa shape index (κ3) is 6.56. The van der Waals surface area contributed by atoms with Crippen molar-refractivity contribution in [2.24, 2.45) is 0 Å². The first-order chi connectivity index (χ1) is 9.49. The van der Waals surface area contributed by atoms with Gasteiger partial charge < -0.3 is 15.7 Å². The Balaban J connectivity index is 2.26. The lowest BCUT2D eigenvalue weighted by molar-refractivity contribution is -0.137. The maximum absolute atomic E-state index is 11.7. The summed E-state index contributed by atoms with van der Waals surface area (Å²) < 4.78 is 0.954. The van der Waals surface area contributed by atoms with E-state index >= 15 is 0 Å². The number of nitrogens with one attached hydrogen (secondary N) is 2. The third-order valence-electron chi connectivity index (χ3n) is 2.80. The lowest BCUT2D eigenvalue weighted by Gasteiger charge is -2.14. The van der Waals surface area contributed by atoms with Crippen molar-refractivity contribution in [2.75, 3.05) is 0 Å². The minimum atomic E-state index is -0.810. The Morgan fingerprint density at radius 2 is 2.05 bits per heavy atom. The highest BCUT2D eigenvalue weighted by Gasteiger charge is 2.08. The second kappa shape index (κ2) is 8.58. The SMILES string of the molecule is CC(CCCC(=O)O)NC(=O)NCc1ccccc1Br. The zero-order chi connectivity index (χ0) is 15.0. The summed E-state index contributed by atoms with van der Waals surface area (Å²) in [6.07, 6.45) is 1.33. The van der Waals surface area contributed by atoms with Crippen LogP contribution in [0.15, 0.2) is 28.7 Å². The molecule has 0 heterocycles. The molecular formula is C14H19BrN2O3. The number of hydrogen-bond acceptors (Lipinski definition) is 2. The van der Waals surface area contributed by atoms with E-state index in [0.717, 1.165) is 10.0 Å². The number of benzene rings is 1. The normalized spacial score (nSPS) is 11.7. The molecule has 20 heavy (non-hydrogen) atoms. The molecule has 5 nitrogen and oxygen atoms in total. The van der Waals surface area contributed by atoms with Gasteiger partial charge in [-0.1, -0.05) is 34.1 Å². The molecule has 0 aliphatic carbocycles. The maximum Gasteiger partial charge on any atom is 0.315 e. The van der Waals surface area contributed by atoms with E-state index in [1.165, 1.54) is 0 Å². The molecule has 3 N–H and O–H groups in total. The Kier molecular flexibility index (Phi) is 7.08. The highest BCUT2D eigenvalue weighted by molar-refractivity contribution is 9.10. The van der Waals surface area contributed by atoms with E-state index in [1.807, 2.05) is 31.2 Å². The smallest absolute Gasteiger partial charge is 0.315 e. The summed E-state index contributed by atoms with van der Waals surface area (Å²) in [5, 5.41) is 14.1. The minimum Gasteiger partial charge on any atom is -0.481 e. The maximum atomic E-state index is 11.7. The van der Waals surface area contributed by atoms with E-state index in [9.17, 15) is 9.59 Å². The number of carboxylic acid groups (broad SMARTS) is 1. The van der Waals surface area contributed by atoms with Crippen LogP contribution in [0, 0.1) is 0 Å². The zero-order valence-corrected chi connectivity index (χ0v) is 12.9. The molecule has 0 bridgehead atoms. The molecule has 1 atom stereocenters. The molecule has 0 aliphatic heterocycles. The van der Waals surface area contributed by atoms with Crippen molar-refractivity contribution in [3.63, 3.8) is 0 Å². The molecule has 6 heteroatoms. The van der Waals surface area contributed by atoms with Crippen LogP contribution in [0.3, 0.4) is 0 Å². The molecule has 1 aromatic rings. The summed E-state index contributed by atoms with van der Waals surface area (Å²) in [5.41, 5.74) is 1.00. The van der Waals surface area contributed by atoms with Crippen molar-refractivity contribution in [1.82, 2.24) is 10.6 Å². The quantitative estimate of drug-likeness (QED) is 0.712. The molecule has 0 spiro atoms. The lowest BCUT2D eigenvalue weighted by Crippen LogP contribution is -2.40. The lowest BCUT2D eigenvalue weighted by atomic mass is 10.1. The summed E-state index contributed by atoms with van der Waals surface area (Å²) in [6, 6.07) is 7.38. The molecule has 2 amide bonds. The number of urea groups is 1. The van der Waals surface area contributed by atoms with Gasteiger partial charge in [-0.2, -0.15) is 0 Å². The zero-order valence-electron chi connectivity index (χ0n) is 11.4.